The predicted octanol–water partition coefficient (Wildman–Crippen LogP) is 3.26. The fourth-order valence-electron chi connectivity index (χ4n) is 3.78. The number of phenols is 1. The van der Waals surface area contributed by atoms with Crippen molar-refractivity contribution in [1.82, 2.24) is 0 Å². The van der Waals surface area contributed by atoms with Gasteiger partial charge in [0.25, 0.3) is 0 Å². The molecule has 2 aliphatic rings. The molecule has 0 aromatic heterocycles. The molecule has 0 atom stereocenters. The topological polar surface area (TPSA) is 49.7 Å². The van der Waals surface area contributed by atoms with Crippen molar-refractivity contribution >= 4 is 0 Å². The highest BCUT2D eigenvalue weighted by Gasteiger charge is 2.43. The molecule has 0 unspecified atom stereocenters. The fraction of sp³-hybridized carbons (Fsp3) is 0.647. The molecule has 1 aliphatic carbocycles. The number of ether oxygens (including phenoxy) is 1. The van der Waals surface area contributed by atoms with Gasteiger partial charge in [-0.3, -0.25) is 0 Å². The van der Waals surface area contributed by atoms with Crippen LogP contribution in [0.4, 0.5) is 0 Å². The van der Waals surface area contributed by atoms with E-state index in [1.54, 1.807) is 0 Å². The molecule has 0 saturated heterocycles. The molecule has 0 amide bonds. The summed E-state index contributed by atoms with van der Waals surface area (Å²) in [4.78, 5) is 0. The SMILES string of the molecule is CCc1c(O)c(CC)c2c(c1CO)OC1(CCC1)CC2. The highest BCUT2D eigenvalue weighted by atomic mass is 16.5. The molecule has 1 aromatic rings. The minimum Gasteiger partial charge on any atom is -0.507 e. The first-order chi connectivity index (χ1) is 9.65. The minimum atomic E-state index is -0.0564. The first-order valence-electron chi connectivity index (χ1n) is 7.84. The van der Waals surface area contributed by atoms with Gasteiger partial charge >= 0.3 is 0 Å². The van der Waals surface area contributed by atoms with E-state index in [0.717, 1.165) is 66.5 Å². The van der Waals surface area contributed by atoms with Gasteiger partial charge in [-0.05, 0) is 44.9 Å². The summed E-state index contributed by atoms with van der Waals surface area (Å²) in [5.41, 5.74) is 3.83. The maximum Gasteiger partial charge on any atom is 0.129 e. The Kier molecular flexibility index (Phi) is 3.41. The van der Waals surface area contributed by atoms with E-state index >= 15 is 0 Å². The van der Waals surface area contributed by atoms with Crippen molar-refractivity contribution in [1.29, 1.82) is 0 Å². The number of aromatic hydroxyl groups is 1. The van der Waals surface area contributed by atoms with Gasteiger partial charge in [-0.2, -0.15) is 0 Å². The lowest BCUT2D eigenvalue weighted by atomic mass is 9.73. The molecule has 0 bridgehead atoms. The van der Waals surface area contributed by atoms with Crippen LogP contribution in [0.3, 0.4) is 0 Å². The Bertz CT molecular complexity index is 505. The van der Waals surface area contributed by atoms with Crippen LogP contribution >= 0.6 is 0 Å². The summed E-state index contributed by atoms with van der Waals surface area (Å²) in [7, 11) is 0. The third kappa shape index (κ3) is 1.83. The summed E-state index contributed by atoms with van der Waals surface area (Å²) in [5, 5.41) is 20.3. The number of phenolic OH excluding ortho intramolecular Hbond substituents is 1. The monoisotopic (exact) mass is 276 g/mol. The zero-order chi connectivity index (χ0) is 14.3. The van der Waals surface area contributed by atoms with Crippen LogP contribution in [-0.4, -0.2) is 15.8 Å². The molecule has 0 radical (unpaired) electrons. The molecule has 20 heavy (non-hydrogen) atoms. The number of hydrogen-bond donors (Lipinski definition) is 2. The Balaban J connectivity index is 2.17. The van der Waals surface area contributed by atoms with Gasteiger partial charge in [0.05, 0.1) is 6.61 Å². The van der Waals surface area contributed by atoms with Crippen molar-refractivity contribution < 1.29 is 14.9 Å². The van der Waals surface area contributed by atoms with Gasteiger partial charge < -0.3 is 14.9 Å². The molecule has 1 aromatic carbocycles. The molecule has 1 heterocycles. The summed E-state index contributed by atoms with van der Waals surface area (Å²) in [6.07, 6.45) is 7.03. The number of rotatable bonds is 3. The second-order valence-electron chi connectivity index (χ2n) is 6.10. The maximum absolute atomic E-state index is 10.5. The lowest BCUT2D eigenvalue weighted by molar-refractivity contribution is -0.0268. The van der Waals surface area contributed by atoms with Crippen LogP contribution in [0.1, 0.15) is 61.8 Å². The number of fused-ring (bicyclic) bond motifs is 1. The average Bonchev–Trinajstić information content (AvgIpc) is 2.43. The van der Waals surface area contributed by atoms with E-state index in [9.17, 15) is 10.2 Å². The molecule has 2 N–H and O–H groups in total. The van der Waals surface area contributed by atoms with E-state index in [1.807, 2.05) is 6.92 Å². The molecule has 3 nitrogen and oxygen atoms in total. The van der Waals surface area contributed by atoms with Gasteiger partial charge in [0.15, 0.2) is 0 Å². The lowest BCUT2D eigenvalue weighted by Gasteiger charge is -2.46. The first-order valence-corrected chi connectivity index (χ1v) is 7.84. The van der Waals surface area contributed by atoms with Gasteiger partial charge in [-0.25, -0.2) is 0 Å². The quantitative estimate of drug-likeness (QED) is 0.891. The van der Waals surface area contributed by atoms with E-state index in [4.69, 9.17) is 4.74 Å². The van der Waals surface area contributed by atoms with Crippen molar-refractivity contribution in [3.05, 3.63) is 22.3 Å². The lowest BCUT2D eigenvalue weighted by Crippen LogP contribution is -2.46. The number of hydrogen-bond acceptors (Lipinski definition) is 3. The van der Waals surface area contributed by atoms with Crippen LogP contribution in [0.25, 0.3) is 0 Å². The van der Waals surface area contributed by atoms with Gasteiger partial charge in [-0.15, -0.1) is 0 Å². The van der Waals surface area contributed by atoms with E-state index in [2.05, 4.69) is 6.92 Å². The average molecular weight is 276 g/mol. The largest absolute Gasteiger partial charge is 0.507 e. The van der Waals surface area contributed by atoms with Crippen LogP contribution in [0.5, 0.6) is 11.5 Å². The van der Waals surface area contributed by atoms with E-state index in [1.165, 1.54) is 6.42 Å². The molecule has 1 spiro atoms. The van der Waals surface area contributed by atoms with Crippen molar-refractivity contribution in [2.75, 3.05) is 0 Å². The third-order valence-corrected chi connectivity index (χ3v) is 5.13. The van der Waals surface area contributed by atoms with Crippen molar-refractivity contribution in [2.24, 2.45) is 0 Å². The molecule has 3 rings (SSSR count). The molecule has 1 fully saturated rings. The Hall–Kier alpha value is -1.22. The molecule has 3 heteroatoms. The number of aliphatic hydroxyl groups is 1. The smallest absolute Gasteiger partial charge is 0.129 e. The van der Waals surface area contributed by atoms with Crippen LogP contribution in [0, 0.1) is 0 Å². The van der Waals surface area contributed by atoms with Crippen LogP contribution in [-0.2, 0) is 25.9 Å². The molecular weight excluding hydrogens is 252 g/mol. The Morgan fingerprint density at radius 2 is 1.75 bits per heavy atom. The van der Waals surface area contributed by atoms with E-state index in [-0.39, 0.29) is 12.2 Å². The number of benzene rings is 1. The Morgan fingerprint density at radius 3 is 2.25 bits per heavy atom. The fourth-order valence-corrected chi connectivity index (χ4v) is 3.78. The van der Waals surface area contributed by atoms with Gasteiger partial charge in [-0.1, -0.05) is 13.8 Å². The van der Waals surface area contributed by atoms with Crippen LogP contribution < -0.4 is 4.74 Å². The van der Waals surface area contributed by atoms with Crippen molar-refractivity contribution in [2.45, 2.75) is 71.0 Å². The predicted molar refractivity (Wildman–Crippen MR) is 78.3 cm³/mol. The summed E-state index contributed by atoms with van der Waals surface area (Å²) in [6, 6.07) is 0. The third-order valence-electron chi connectivity index (χ3n) is 5.13. The zero-order valence-electron chi connectivity index (χ0n) is 12.5. The Labute approximate surface area is 120 Å². The van der Waals surface area contributed by atoms with Crippen LogP contribution in [0.2, 0.25) is 0 Å². The van der Waals surface area contributed by atoms with Gasteiger partial charge in [0.1, 0.15) is 17.1 Å². The highest BCUT2D eigenvalue weighted by Crippen LogP contribution is 2.50. The van der Waals surface area contributed by atoms with Crippen LogP contribution in [0.15, 0.2) is 0 Å². The summed E-state index contributed by atoms with van der Waals surface area (Å²) < 4.78 is 6.35. The maximum atomic E-state index is 10.5. The summed E-state index contributed by atoms with van der Waals surface area (Å²) in [6.45, 7) is 4.03. The first kappa shape index (κ1) is 13.7. The van der Waals surface area contributed by atoms with Crippen molar-refractivity contribution in [3.8, 4) is 11.5 Å². The zero-order valence-corrected chi connectivity index (χ0v) is 12.5. The van der Waals surface area contributed by atoms with E-state index < -0.39 is 0 Å². The summed E-state index contributed by atoms with van der Waals surface area (Å²) >= 11 is 0. The molecule has 110 valence electrons. The van der Waals surface area contributed by atoms with Gasteiger partial charge in [0, 0.05) is 22.3 Å². The van der Waals surface area contributed by atoms with E-state index in [0.29, 0.717) is 5.75 Å². The normalized spacial score (nSPS) is 19.4. The second-order valence-corrected chi connectivity index (χ2v) is 6.10. The second kappa shape index (κ2) is 4.96. The Morgan fingerprint density at radius 1 is 1.05 bits per heavy atom. The summed E-state index contributed by atoms with van der Waals surface area (Å²) in [5.74, 6) is 1.26. The number of aliphatic hydroxyl groups excluding tert-OH is 1. The standard InChI is InChI=1S/C17H24O3/c1-3-11-13-6-9-17(7-5-8-17)20-16(13)14(10-18)12(4-2)15(11)19/h18-19H,3-10H2,1-2H3. The minimum absolute atomic E-state index is 0.0178. The van der Waals surface area contributed by atoms with Crippen molar-refractivity contribution in [3.63, 3.8) is 0 Å². The molecule has 1 saturated carbocycles. The van der Waals surface area contributed by atoms with Gasteiger partial charge in [0.2, 0.25) is 0 Å². The molecule has 1 aliphatic heterocycles. The molecular formula is C17H24O3. The highest BCUT2D eigenvalue weighted by molar-refractivity contribution is 5.59.